The number of halogens is 4. The molecule has 0 saturated carbocycles. The van der Waals surface area contributed by atoms with Crippen molar-refractivity contribution in [1.29, 1.82) is 0 Å². The number of rotatable bonds is 9. The summed E-state index contributed by atoms with van der Waals surface area (Å²) < 4.78 is 75.1. The molecule has 2 heterocycles. The van der Waals surface area contributed by atoms with Gasteiger partial charge < -0.3 is 15.1 Å². The smallest absolute Gasteiger partial charge is 0.478 e. The van der Waals surface area contributed by atoms with Crippen molar-refractivity contribution in [3.63, 3.8) is 0 Å². The van der Waals surface area contributed by atoms with Crippen LogP contribution in [-0.4, -0.2) is 65.1 Å². The molecule has 0 aliphatic carbocycles. The number of alkyl halides is 3. The number of benzene rings is 1. The fourth-order valence-corrected chi connectivity index (χ4v) is 4.65. The maximum absolute atomic E-state index is 13.6. The van der Waals surface area contributed by atoms with Crippen molar-refractivity contribution in [1.82, 2.24) is 14.8 Å². The number of aryl methyl sites for hydroxylation is 2. The summed E-state index contributed by atoms with van der Waals surface area (Å²) in [5.74, 6) is -4.44. The monoisotopic (exact) mass is 589 g/mol. The predicted octanol–water partition coefficient (Wildman–Crippen LogP) is 3.77. The first-order valence-electron chi connectivity index (χ1n) is 11.5. The number of hydrogen-bond acceptors (Lipinski definition) is 7. The van der Waals surface area contributed by atoms with Crippen LogP contribution in [0.15, 0.2) is 41.4 Å². The summed E-state index contributed by atoms with van der Waals surface area (Å²) in [6.45, 7) is 4.49. The molecule has 3 rings (SSSR count). The van der Waals surface area contributed by atoms with E-state index in [1.165, 1.54) is 24.4 Å². The molecule has 0 fully saturated rings. The molecule has 3 N–H and O–H groups in total. The van der Waals surface area contributed by atoms with Gasteiger partial charge in [-0.15, -0.1) is 0 Å². The second-order valence-electron chi connectivity index (χ2n) is 8.56. The average molecular weight is 590 g/mol. The van der Waals surface area contributed by atoms with Gasteiger partial charge in [-0.1, -0.05) is 6.07 Å². The van der Waals surface area contributed by atoms with Crippen LogP contribution in [0.1, 0.15) is 33.7 Å². The van der Waals surface area contributed by atoms with Crippen LogP contribution in [-0.2, 0) is 28.3 Å². The van der Waals surface area contributed by atoms with Crippen molar-refractivity contribution in [3.8, 4) is 0 Å². The molecule has 0 amide bonds. The maximum Gasteiger partial charge on any atom is 0.490 e. The lowest BCUT2D eigenvalue weighted by Crippen LogP contribution is -2.24. The van der Waals surface area contributed by atoms with Crippen molar-refractivity contribution >= 4 is 33.5 Å². The first kappa shape index (κ1) is 32.0. The Balaban J connectivity index is 0.000000708. The molecular weight excluding hydrogens is 562 g/mol. The van der Waals surface area contributed by atoms with Crippen LogP contribution in [0.4, 0.5) is 29.1 Å². The van der Waals surface area contributed by atoms with Crippen molar-refractivity contribution in [2.24, 2.45) is 7.05 Å². The van der Waals surface area contributed by atoms with E-state index in [0.717, 1.165) is 41.9 Å². The Morgan fingerprint density at radius 3 is 2.27 bits per heavy atom. The van der Waals surface area contributed by atoms with E-state index in [1.807, 2.05) is 25.6 Å². The SMILES string of the molecule is Cc1nn(C)c(C)c1CCCN(C)c1ncc(C(=O)O)cc1NS(=O)(=O)c1cccc(F)c1.O=C(O)C(F)(F)F. The largest absolute Gasteiger partial charge is 0.490 e. The molecule has 40 heavy (non-hydrogen) atoms. The summed E-state index contributed by atoms with van der Waals surface area (Å²) in [5.41, 5.74) is 3.03. The molecule has 3 aromatic rings. The second-order valence-corrected chi connectivity index (χ2v) is 10.2. The molecular formula is C24H27F4N5O6S. The van der Waals surface area contributed by atoms with Gasteiger partial charge in [-0.05, 0) is 56.5 Å². The third-order valence-corrected chi connectivity index (χ3v) is 7.01. The lowest BCUT2D eigenvalue weighted by Gasteiger charge is -2.22. The lowest BCUT2D eigenvalue weighted by atomic mass is 10.1. The normalized spacial score (nSPS) is 11.4. The summed E-state index contributed by atoms with van der Waals surface area (Å²) in [6.07, 6.45) is -2.40. The third-order valence-electron chi connectivity index (χ3n) is 5.65. The van der Waals surface area contributed by atoms with Crippen molar-refractivity contribution in [2.45, 2.75) is 37.8 Å². The number of carboxylic acid groups (broad SMARTS) is 2. The summed E-state index contributed by atoms with van der Waals surface area (Å²) in [5, 5.41) is 20.9. The predicted molar refractivity (Wildman–Crippen MR) is 136 cm³/mol. The molecule has 16 heteroatoms. The first-order chi connectivity index (χ1) is 18.4. The fourth-order valence-electron chi connectivity index (χ4n) is 3.57. The van der Waals surface area contributed by atoms with Gasteiger partial charge in [0.15, 0.2) is 5.82 Å². The van der Waals surface area contributed by atoms with E-state index >= 15 is 0 Å². The molecule has 0 spiro atoms. The molecule has 0 aliphatic rings. The summed E-state index contributed by atoms with van der Waals surface area (Å²) in [7, 11) is -0.533. The Morgan fingerprint density at radius 2 is 1.77 bits per heavy atom. The lowest BCUT2D eigenvalue weighted by molar-refractivity contribution is -0.192. The fraction of sp³-hybridized carbons (Fsp3) is 0.333. The molecule has 0 atom stereocenters. The van der Waals surface area contributed by atoms with Crippen LogP contribution in [0.5, 0.6) is 0 Å². The number of carbonyl (C=O) groups is 2. The number of carboxylic acids is 2. The van der Waals surface area contributed by atoms with Gasteiger partial charge in [-0.3, -0.25) is 9.40 Å². The van der Waals surface area contributed by atoms with E-state index < -0.39 is 34.0 Å². The first-order valence-corrected chi connectivity index (χ1v) is 12.9. The summed E-state index contributed by atoms with van der Waals surface area (Å²) >= 11 is 0. The maximum atomic E-state index is 13.6. The number of aliphatic carboxylic acids is 1. The Labute approximate surface area is 227 Å². The van der Waals surface area contributed by atoms with Gasteiger partial charge in [0.2, 0.25) is 0 Å². The Bertz CT molecular complexity index is 1490. The minimum atomic E-state index is -5.08. The van der Waals surface area contributed by atoms with Crippen LogP contribution in [0.25, 0.3) is 0 Å². The molecule has 1 aromatic carbocycles. The minimum Gasteiger partial charge on any atom is -0.478 e. The number of nitrogens with one attached hydrogen (secondary N) is 1. The van der Waals surface area contributed by atoms with E-state index in [1.54, 1.807) is 11.9 Å². The van der Waals surface area contributed by atoms with Crippen molar-refractivity contribution < 1.29 is 45.8 Å². The number of hydrogen-bond donors (Lipinski definition) is 3. The quantitative estimate of drug-likeness (QED) is 0.316. The van der Waals surface area contributed by atoms with Crippen LogP contribution < -0.4 is 9.62 Å². The zero-order valence-corrected chi connectivity index (χ0v) is 22.6. The molecule has 0 bridgehead atoms. The van der Waals surface area contributed by atoms with Crippen LogP contribution in [0.2, 0.25) is 0 Å². The second kappa shape index (κ2) is 12.8. The van der Waals surface area contributed by atoms with Crippen LogP contribution in [0.3, 0.4) is 0 Å². The number of aromatic nitrogens is 3. The molecule has 0 unspecified atom stereocenters. The standard InChI is InChI=1S/C22H26FN5O4S.C2HF3O2/c1-14-19(15(2)28(4)25-14)9-6-10-27(3)21-20(11-16(13-24-21)22(29)30)26-33(31,32)18-8-5-7-17(23)12-18;3-2(4,5)1(6)7/h5,7-8,11-13,26H,6,9-10H2,1-4H3,(H,29,30);(H,6,7). The number of anilines is 2. The van der Waals surface area contributed by atoms with Crippen LogP contribution >= 0.6 is 0 Å². The summed E-state index contributed by atoms with van der Waals surface area (Å²) in [4.78, 5) is 26.0. The van der Waals surface area contributed by atoms with Gasteiger partial charge in [0, 0.05) is 32.5 Å². The average Bonchev–Trinajstić information content (AvgIpc) is 3.09. The van der Waals surface area contributed by atoms with Gasteiger partial charge in [-0.2, -0.15) is 18.3 Å². The van der Waals surface area contributed by atoms with E-state index in [9.17, 15) is 35.9 Å². The molecule has 218 valence electrons. The Kier molecular flexibility index (Phi) is 10.2. The van der Waals surface area contributed by atoms with Crippen molar-refractivity contribution in [3.05, 3.63) is 64.9 Å². The van der Waals surface area contributed by atoms with Crippen molar-refractivity contribution in [2.75, 3.05) is 23.2 Å². The van der Waals surface area contributed by atoms with Gasteiger partial charge >= 0.3 is 18.1 Å². The number of aromatic carboxylic acids is 1. The highest BCUT2D eigenvalue weighted by Crippen LogP contribution is 2.27. The zero-order chi connectivity index (χ0) is 30.4. The topological polar surface area (TPSA) is 155 Å². The minimum absolute atomic E-state index is 0.00426. The highest BCUT2D eigenvalue weighted by atomic mass is 32.2. The third kappa shape index (κ3) is 8.39. The number of pyridine rings is 1. The van der Waals surface area contributed by atoms with Gasteiger partial charge in [0.05, 0.1) is 21.8 Å². The number of sulfonamides is 1. The van der Waals surface area contributed by atoms with E-state index in [4.69, 9.17) is 9.90 Å². The van der Waals surface area contributed by atoms with E-state index in [2.05, 4.69) is 14.8 Å². The highest BCUT2D eigenvalue weighted by molar-refractivity contribution is 7.92. The zero-order valence-electron chi connectivity index (χ0n) is 21.8. The molecule has 0 saturated heterocycles. The van der Waals surface area contributed by atoms with E-state index in [0.29, 0.717) is 6.54 Å². The molecule has 0 radical (unpaired) electrons. The molecule has 0 aliphatic heterocycles. The van der Waals surface area contributed by atoms with Gasteiger partial charge in [0.1, 0.15) is 5.82 Å². The van der Waals surface area contributed by atoms with Gasteiger partial charge in [0.25, 0.3) is 10.0 Å². The number of nitrogens with zero attached hydrogens (tertiary/aromatic N) is 4. The summed E-state index contributed by atoms with van der Waals surface area (Å²) in [6, 6.07) is 5.76. The van der Waals surface area contributed by atoms with Gasteiger partial charge in [-0.25, -0.2) is 27.4 Å². The Morgan fingerprint density at radius 1 is 1.15 bits per heavy atom. The molecule has 11 nitrogen and oxygen atoms in total. The van der Waals surface area contributed by atoms with Crippen LogP contribution in [0, 0.1) is 19.7 Å². The highest BCUT2D eigenvalue weighted by Gasteiger charge is 2.38. The molecule has 2 aromatic heterocycles. The van der Waals surface area contributed by atoms with E-state index in [-0.39, 0.29) is 22.0 Å². The Hall–Kier alpha value is -4.21.